The maximum atomic E-state index is 13.0. The van der Waals surface area contributed by atoms with E-state index in [1.54, 1.807) is 18.7 Å². The molecule has 0 saturated heterocycles. The molecule has 0 bridgehead atoms. The SMILES string of the molecule is C=C1C=C(C)C2=C(C(=O)c3[nH]c(=O)cc(C)c3C2=O)N1CCC. The lowest BCUT2D eigenvalue weighted by Gasteiger charge is -2.35. The zero-order chi connectivity index (χ0) is 16.9. The minimum absolute atomic E-state index is 0.0855. The first-order valence-electron chi connectivity index (χ1n) is 7.59. The highest BCUT2D eigenvalue weighted by Crippen LogP contribution is 2.37. The van der Waals surface area contributed by atoms with Crippen LogP contribution in [-0.4, -0.2) is 28.0 Å². The van der Waals surface area contributed by atoms with Crippen LogP contribution in [0.1, 0.15) is 46.7 Å². The number of nitrogens with zero attached hydrogens (tertiary/aromatic N) is 1. The lowest BCUT2D eigenvalue weighted by atomic mass is 9.82. The van der Waals surface area contributed by atoms with Crippen LogP contribution in [0.2, 0.25) is 0 Å². The summed E-state index contributed by atoms with van der Waals surface area (Å²) in [5, 5.41) is 0. The number of aromatic amines is 1. The van der Waals surface area contributed by atoms with Gasteiger partial charge in [-0.25, -0.2) is 0 Å². The predicted molar refractivity (Wildman–Crippen MR) is 87.4 cm³/mol. The lowest BCUT2D eigenvalue weighted by Crippen LogP contribution is -2.38. The highest BCUT2D eigenvalue weighted by molar-refractivity contribution is 6.28. The van der Waals surface area contributed by atoms with Crippen molar-refractivity contribution in [3.8, 4) is 0 Å². The van der Waals surface area contributed by atoms with Crippen molar-refractivity contribution in [1.29, 1.82) is 0 Å². The van der Waals surface area contributed by atoms with E-state index in [0.29, 0.717) is 34.6 Å². The topological polar surface area (TPSA) is 70.2 Å². The van der Waals surface area contributed by atoms with Crippen LogP contribution in [0, 0.1) is 6.92 Å². The third kappa shape index (κ3) is 2.11. The molecule has 5 heteroatoms. The molecule has 0 atom stereocenters. The number of rotatable bonds is 2. The number of carbonyl (C=O) groups excluding carboxylic acids is 2. The van der Waals surface area contributed by atoms with Crippen LogP contribution in [0.4, 0.5) is 0 Å². The molecule has 1 aromatic rings. The van der Waals surface area contributed by atoms with Crippen LogP contribution in [-0.2, 0) is 0 Å². The van der Waals surface area contributed by atoms with Crippen molar-refractivity contribution < 1.29 is 9.59 Å². The van der Waals surface area contributed by atoms with Gasteiger partial charge in [0.25, 0.3) is 0 Å². The van der Waals surface area contributed by atoms with Crippen molar-refractivity contribution in [3.63, 3.8) is 0 Å². The quantitative estimate of drug-likeness (QED) is 0.911. The Kier molecular flexibility index (Phi) is 3.43. The summed E-state index contributed by atoms with van der Waals surface area (Å²) in [6.45, 7) is 10.1. The Balaban J connectivity index is 2.31. The van der Waals surface area contributed by atoms with Crippen LogP contribution in [0.3, 0.4) is 0 Å². The zero-order valence-corrected chi connectivity index (χ0v) is 13.4. The van der Waals surface area contributed by atoms with Crippen LogP contribution in [0.15, 0.2) is 46.1 Å². The monoisotopic (exact) mass is 310 g/mol. The molecule has 2 heterocycles. The van der Waals surface area contributed by atoms with Gasteiger partial charge in [0.1, 0.15) is 11.4 Å². The molecule has 0 saturated carbocycles. The normalized spacial score (nSPS) is 17.3. The Morgan fingerprint density at radius 1 is 1.17 bits per heavy atom. The Bertz CT molecular complexity index is 884. The average Bonchev–Trinajstić information content (AvgIpc) is 2.46. The second kappa shape index (κ2) is 5.19. The summed E-state index contributed by atoms with van der Waals surface area (Å²) in [5.41, 5.74) is 2.68. The average molecular weight is 310 g/mol. The summed E-state index contributed by atoms with van der Waals surface area (Å²) in [7, 11) is 0. The first-order valence-corrected chi connectivity index (χ1v) is 7.59. The van der Waals surface area contributed by atoms with Gasteiger partial charge < -0.3 is 9.88 Å². The van der Waals surface area contributed by atoms with Crippen LogP contribution >= 0.6 is 0 Å². The fourth-order valence-electron chi connectivity index (χ4n) is 3.26. The minimum atomic E-state index is -0.379. The first-order chi connectivity index (χ1) is 10.9. The molecule has 1 aliphatic carbocycles. The summed E-state index contributed by atoms with van der Waals surface area (Å²) in [4.78, 5) is 42.0. The molecule has 0 unspecified atom stereocenters. The molecule has 0 aromatic carbocycles. The second-order valence-corrected chi connectivity index (χ2v) is 5.92. The highest BCUT2D eigenvalue weighted by atomic mass is 16.1. The standard InChI is InChI=1S/C18H18N2O3/c1-5-6-20-11(4)7-9(2)14-16(20)18(23)15-13(17(14)22)10(3)8-12(21)19-15/h7-8H,4-6H2,1-3H3,(H,19,21). The third-order valence-electron chi connectivity index (χ3n) is 4.21. The number of allylic oxidation sites excluding steroid dienone is 4. The predicted octanol–water partition coefficient (Wildman–Crippen LogP) is 2.50. The van der Waals surface area contributed by atoms with E-state index in [4.69, 9.17) is 0 Å². The third-order valence-corrected chi connectivity index (χ3v) is 4.21. The number of aryl methyl sites for hydroxylation is 1. The van der Waals surface area contributed by atoms with Gasteiger partial charge in [-0.3, -0.25) is 14.4 Å². The van der Waals surface area contributed by atoms with E-state index in [9.17, 15) is 14.4 Å². The molecule has 1 aromatic heterocycles. The van der Waals surface area contributed by atoms with Gasteiger partial charge in [0.05, 0.1) is 11.1 Å². The highest BCUT2D eigenvalue weighted by Gasteiger charge is 2.39. The Morgan fingerprint density at radius 2 is 1.87 bits per heavy atom. The molecule has 0 fully saturated rings. The number of ketones is 2. The molecular formula is C18H18N2O3. The number of Topliss-reactive ketones (excluding diaryl/α,β-unsaturated/α-hetero) is 2. The van der Waals surface area contributed by atoms with E-state index in [1.807, 2.05) is 13.0 Å². The van der Waals surface area contributed by atoms with Gasteiger partial charge in [-0.2, -0.15) is 0 Å². The summed E-state index contributed by atoms with van der Waals surface area (Å²) in [6, 6.07) is 1.35. The molecular weight excluding hydrogens is 292 g/mol. The number of hydrogen-bond donors (Lipinski definition) is 1. The number of fused-ring (bicyclic) bond motifs is 1. The van der Waals surface area contributed by atoms with Gasteiger partial charge in [-0.05, 0) is 37.5 Å². The van der Waals surface area contributed by atoms with Crippen molar-refractivity contribution in [1.82, 2.24) is 9.88 Å². The molecule has 0 spiro atoms. The van der Waals surface area contributed by atoms with Crippen LogP contribution < -0.4 is 5.56 Å². The van der Waals surface area contributed by atoms with Crippen molar-refractivity contribution >= 4 is 11.6 Å². The number of hydrogen-bond acceptors (Lipinski definition) is 4. The Morgan fingerprint density at radius 3 is 2.52 bits per heavy atom. The van der Waals surface area contributed by atoms with Gasteiger partial charge in [0, 0.05) is 18.3 Å². The molecule has 1 N–H and O–H groups in total. The molecule has 5 nitrogen and oxygen atoms in total. The molecule has 1 aliphatic heterocycles. The number of pyridine rings is 1. The fraction of sp³-hybridized carbons (Fsp3) is 0.278. The minimum Gasteiger partial charge on any atom is -0.338 e. The van der Waals surface area contributed by atoms with Crippen LogP contribution in [0.25, 0.3) is 0 Å². The molecule has 118 valence electrons. The van der Waals surface area contributed by atoms with E-state index in [1.165, 1.54) is 6.07 Å². The Hall–Kier alpha value is -2.69. The van der Waals surface area contributed by atoms with Gasteiger partial charge in [0.15, 0.2) is 5.78 Å². The number of carbonyl (C=O) groups is 2. The maximum Gasteiger partial charge on any atom is 0.248 e. The molecule has 0 amide bonds. The molecule has 3 rings (SSSR count). The molecule has 23 heavy (non-hydrogen) atoms. The number of aromatic nitrogens is 1. The summed E-state index contributed by atoms with van der Waals surface area (Å²) < 4.78 is 0. The summed E-state index contributed by atoms with van der Waals surface area (Å²) in [5.74, 6) is -0.539. The number of H-pyrrole nitrogens is 1. The first kappa shape index (κ1) is 15.2. The van der Waals surface area contributed by atoms with Crippen molar-refractivity contribution in [2.24, 2.45) is 0 Å². The van der Waals surface area contributed by atoms with E-state index in [2.05, 4.69) is 11.6 Å². The number of nitrogens with one attached hydrogen (secondary N) is 1. The van der Waals surface area contributed by atoms with Crippen molar-refractivity contribution in [2.75, 3.05) is 6.54 Å². The fourth-order valence-corrected chi connectivity index (χ4v) is 3.26. The van der Waals surface area contributed by atoms with Gasteiger partial charge in [0.2, 0.25) is 11.3 Å². The van der Waals surface area contributed by atoms with E-state index in [0.717, 1.165) is 12.0 Å². The van der Waals surface area contributed by atoms with Gasteiger partial charge in [-0.1, -0.05) is 13.5 Å². The maximum absolute atomic E-state index is 13.0. The lowest BCUT2D eigenvalue weighted by molar-refractivity contribution is 0.0944. The second-order valence-electron chi connectivity index (χ2n) is 5.92. The smallest absolute Gasteiger partial charge is 0.248 e. The van der Waals surface area contributed by atoms with Crippen molar-refractivity contribution in [2.45, 2.75) is 27.2 Å². The molecule has 0 radical (unpaired) electrons. The Labute approximate surface area is 134 Å². The van der Waals surface area contributed by atoms with Crippen molar-refractivity contribution in [3.05, 3.63) is 68.4 Å². The van der Waals surface area contributed by atoms with E-state index >= 15 is 0 Å². The van der Waals surface area contributed by atoms with Gasteiger partial charge >= 0.3 is 0 Å². The van der Waals surface area contributed by atoms with E-state index in [-0.39, 0.29) is 22.8 Å². The summed E-state index contributed by atoms with van der Waals surface area (Å²) >= 11 is 0. The summed E-state index contributed by atoms with van der Waals surface area (Å²) in [6.07, 6.45) is 2.63. The van der Waals surface area contributed by atoms with Gasteiger partial charge in [-0.15, -0.1) is 0 Å². The molecule has 2 aliphatic rings. The van der Waals surface area contributed by atoms with E-state index < -0.39 is 0 Å². The zero-order valence-electron chi connectivity index (χ0n) is 13.4. The largest absolute Gasteiger partial charge is 0.338 e. The van der Waals surface area contributed by atoms with Crippen LogP contribution in [0.5, 0.6) is 0 Å².